The van der Waals surface area contributed by atoms with Crippen molar-refractivity contribution in [2.45, 2.75) is 44.2 Å². The van der Waals surface area contributed by atoms with Gasteiger partial charge in [0.05, 0.1) is 12.1 Å². The van der Waals surface area contributed by atoms with E-state index in [4.69, 9.17) is 4.74 Å². The lowest BCUT2D eigenvalue weighted by molar-refractivity contribution is 0.132. The van der Waals surface area contributed by atoms with Crippen LogP contribution in [0.25, 0.3) is 0 Å². The number of carbonyl (C=O) groups is 1. The number of hydrogen-bond acceptors (Lipinski definition) is 5. The lowest BCUT2D eigenvalue weighted by atomic mass is 9.86. The predicted molar refractivity (Wildman–Crippen MR) is 77.9 cm³/mol. The summed E-state index contributed by atoms with van der Waals surface area (Å²) < 4.78 is 4.74. The second kappa shape index (κ2) is 6.10. The van der Waals surface area contributed by atoms with E-state index in [0.717, 1.165) is 32.0 Å². The van der Waals surface area contributed by atoms with Crippen molar-refractivity contribution in [2.24, 2.45) is 0 Å². The maximum absolute atomic E-state index is 11.4. The molecular weight excluding hydrogens is 274 g/mol. The van der Waals surface area contributed by atoms with Gasteiger partial charge < -0.3 is 15.0 Å². The molecule has 2 heterocycles. The van der Waals surface area contributed by atoms with E-state index >= 15 is 0 Å². The van der Waals surface area contributed by atoms with Gasteiger partial charge in [0, 0.05) is 42.7 Å². The Balaban J connectivity index is 1.45. The molecule has 0 aromatic carbocycles. The van der Waals surface area contributed by atoms with Crippen LogP contribution in [0.5, 0.6) is 0 Å². The number of amides is 1. The Morgan fingerprint density at radius 1 is 1.55 bits per heavy atom. The van der Waals surface area contributed by atoms with Crippen molar-refractivity contribution in [3.63, 3.8) is 0 Å². The number of carbonyl (C=O) groups excluding carboxylic acids is 1. The summed E-state index contributed by atoms with van der Waals surface area (Å²) >= 11 is 1.83. The number of thiazole rings is 1. The van der Waals surface area contributed by atoms with Gasteiger partial charge in [-0.1, -0.05) is 6.42 Å². The van der Waals surface area contributed by atoms with Crippen LogP contribution in [-0.2, 0) is 11.3 Å². The molecule has 1 N–H and O–H groups in total. The molecule has 1 saturated carbocycles. The largest absolute Gasteiger partial charge is 0.453 e. The number of ether oxygens (including phenoxy) is 1. The number of methoxy groups -OCH3 is 1. The molecule has 1 aromatic heterocycles. The van der Waals surface area contributed by atoms with E-state index in [1.807, 2.05) is 17.5 Å². The molecule has 6 heteroatoms. The van der Waals surface area contributed by atoms with Gasteiger partial charge in [0.25, 0.3) is 0 Å². The van der Waals surface area contributed by atoms with Gasteiger partial charge in [-0.15, -0.1) is 11.3 Å². The van der Waals surface area contributed by atoms with Gasteiger partial charge in [0.1, 0.15) is 0 Å². The van der Waals surface area contributed by atoms with Crippen LogP contribution in [0.1, 0.15) is 41.5 Å². The standard InChI is InChI=1S/C14H21N3O2S/c1-19-14(18)17-6-5-11(9-17)15-7-12-8-16-13(20-12)10-3-2-4-10/h8,10-11,15H,2-7,9H2,1H3/t11-/m0/s1. The number of likely N-dealkylation sites (tertiary alicyclic amines) is 1. The lowest BCUT2D eigenvalue weighted by Crippen LogP contribution is -2.34. The summed E-state index contributed by atoms with van der Waals surface area (Å²) in [6.07, 6.45) is 6.72. The van der Waals surface area contributed by atoms with Crippen molar-refractivity contribution in [1.29, 1.82) is 0 Å². The fourth-order valence-electron chi connectivity index (χ4n) is 2.72. The molecular formula is C14H21N3O2S. The van der Waals surface area contributed by atoms with Gasteiger partial charge in [-0.25, -0.2) is 9.78 Å². The quantitative estimate of drug-likeness (QED) is 0.926. The van der Waals surface area contributed by atoms with Crippen LogP contribution in [0.3, 0.4) is 0 Å². The van der Waals surface area contributed by atoms with Crippen molar-refractivity contribution >= 4 is 17.4 Å². The van der Waals surface area contributed by atoms with Crippen LogP contribution >= 0.6 is 11.3 Å². The molecule has 0 bridgehead atoms. The van der Waals surface area contributed by atoms with Crippen molar-refractivity contribution in [2.75, 3.05) is 20.2 Å². The van der Waals surface area contributed by atoms with Gasteiger partial charge in [0.15, 0.2) is 0 Å². The Bertz CT molecular complexity index is 473. The summed E-state index contributed by atoms with van der Waals surface area (Å²) in [5.41, 5.74) is 0. The van der Waals surface area contributed by atoms with Crippen molar-refractivity contribution in [3.8, 4) is 0 Å². The molecule has 0 unspecified atom stereocenters. The topological polar surface area (TPSA) is 54.5 Å². The third-order valence-electron chi connectivity index (χ3n) is 4.21. The van der Waals surface area contributed by atoms with Crippen molar-refractivity contribution in [3.05, 3.63) is 16.1 Å². The molecule has 0 spiro atoms. The van der Waals surface area contributed by atoms with Gasteiger partial charge in [-0.05, 0) is 19.3 Å². The SMILES string of the molecule is COC(=O)N1CC[C@H](NCc2cnc(C3CCC3)s2)C1. The molecule has 5 nitrogen and oxygen atoms in total. The van der Waals surface area contributed by atoms with Crippen molar-refractivity contribution < 1.29 is 9.53 Å². The van der Waals surface area contributed by atoms with E-state index < -0.39 is 0 Å². The highest BCUT2D eigenvalue weighted by Crippen LogP contribution is 2.38. The molecule has 1 atom stereocenters. The summed E-state index contributed by atoms with van der Waals surface area (Å²) in [6.45, 7) is 2.37. The fraction of sp³-hybridized carbons (Fsp3) is 0.714. The number of rotatable bonds is 4. The van der Waals surface area contributed by atoms with Crippen molar-refractivity contribution in [1.82, 2.24) is 15.2 Å². The second-order valence-electron chi connectivity index (χ2n) is 5.58. The molecule has 1 aliphatic carbocycles. The van der Waals surface area contributed by atoms with Crippen LogP contribution in [0, 0.1) is 0 Å². The van der Waals surface area contributed by atoms with E-state index in [1.165, 1.54) is 36.3 Å². The highest BCUT2D eigenvalue weighted by atomic mass is 32.1. The predicted octanol–water partition coefficient (Wildman–Crippen LogP) is 2.34. The first kappa shape index (κ1) is 13.8. The molecule has 2 aliphatic rings. The molecule has 1 saturated heterocycles. The zero-order valence-electron chi connectivity index (χ0n) is 11.8. The minimum atomic E-state index is -0.223. The molecule has 1 aliphatic heterocycles. The van der Waals surface area contributed by atoms with E-state index in [1.54, 1.807) is 4.90 Å². The highest BCUT2D eigenvalue weighted by molar-refractivity contribution is 7.11. The first-order valence-electron chi connectivity index (χ1n) is 7.27. The molecule has 1 amide bonds. The summed E-state index contributed by atoms with van der Waals surface area (Å²) in [6, 6.07) is 0.364. The molecule has 0 radical (unpaired) electrons. The summed E-state index contributed by atoms with van der Waals surface area (Å²) in [5, 5.41) is 4.82. The summed E-state index contributed by atoms with van der Waals surface area (Å²) in [4.78, 5) is 19.0. The van der Waals surface area contributed by atoms with E-state index in [-0.39, 0.29) is 6.09 Å². The maximum atomic E-state index is 11.4. The fourth-order valence-corrected chi connectivity index (χ4v) is 3.75. The van der Waals surface area contributed by atoms with Crippen LogP contribution in [-0.4, -0.2) is 42.2 Å². The van der Waals surface area contributed by atoms with E-state index in [0.29, 0.717) is 6.04 Å². The second-order valence-corrected chi connectivity index (χ2v) is 6.72. The Labute approximate surface area is 123 Å². The normalized spacial score (nSPS) is 22.9. The van der Waals surface area contributed by atoms with E-state index in [2.05, 4.69) is 10.3 Å². The van der Waals surface area contributed by atoms with E-state index in [9.17, 15) is 4.79 Å². The molecule has 110 valence electrons. The monoisotopic (exact) mass is 295 g/mol. The third kappa shape index (κ3) is 2.96. The van der Waals surface area contributed by atoms with Gasteiger partial charge in [0.2, 0.25) is 0 Å². The Kier molecular flexibility index (Phi) is 4.21. The number of nitrogens with one attached hydrogen (secondary N) is 1. The number of hydrogen-bond donors (Lipinski definition) is 1. The number of nitrogens with zero attached hydrogens (tertiary/aromatic N) is 2. The highest BCUT2D eigenvalue weighted by Gasteiger charge is 2.27. The Hall–Kier alpha value is -1.14. The van der Waals surface area contributed by atoms with Crippen LogP contribution < -0.4 is 5.32 Å². The first-order chi connectivity index (χ1) is 9.76. The summed E-state index contributed by atoms with van der Waals surface area (Å²) in [7, 11) is 1.43. The molecule has 1 aromatic rings. The zero-order valence-corrected chi connectivity index (χ0v) is 12.6. The summed E-state index contributed by atoms with van der Waals surface area (Å²) in [5.74, 6) is 0.718. The third-order valence-corrected chi connectivity index (χ3v) is 5.37. The molecule has 3 rings (SSSR count). The average Bonchev–Trinajstić information content (AvgIpc) is 3.02. The number of aromatic nitrogens is 1. The lowest BCUT2D eigenvalue weighted by Gasteiger charge is -2.22. The van der Waals surface area contributed by atoms with Gasteiger partial charge in [-0.2, -0.15) is 0 Å². The Morgan fingerprint density at radius 3 is 3.10 bits per heavy atom. The van der Waals surface area contributed by atoms with Gasteiger partial charge in [-0.3, -0.25) is 0 Å². The molecule has 20 heavy (non-hydrogen) atoms. The van der Waals surface area contributed by atoms with Gasteiger partial charge >= 0.3 is 6.09 Å². The zero-order chi connectivity index (χ0) is 13.9. The van der Waals surface area contributed by atoms with Crippen LogP contribution in [0.4, 0.5) is 4.79 Å². The first-order valence-corrected chi connectivity index (χ1v) is 8.09. The molecule has 2 fully saturated rings. The maximum Gasteiger partial charge on any atom is 0.409 e. The minimum absolute atomic E-state index is 0.223. The van der Waals surface area contributed by atoms with Crippen LogP contribution in [0.15, 0.2) is 6.20 Å². The minimum Gasteiger partial charge on any atom is -0.453 e. The Morgan fingerprint density at radius 2 is 2.40 bits per heavy atom. The smallest absolute Gasteiger partial charge is 0.409 e. The average molecular weight is 295 g/mol. The van der Waals surface area contributed by atoms with Crippen LogP contribution in [0.2, 0.25) is 0 Å².